The molecule has 0 N–H and O–H groups in total. The summed E-state index contributed by atoms with van der Waals surface area (Å²) in [5.74, 6) is 1.43. The van der Waals surface area contributed by atoms with Gasteiger partial charge in [0.05, 0.1) is 16.9 Å². The summed E-state index contributed by atoms with van der Waals surface area (Å²) in [7, 11) is 0. The number of thiophene rings is 1. The molecule has 1 nitrogen and oxygen atoms in total. The Kier molecular flexibility index (Phi) is 4.08. The van der Waals surface area contributed by atoms with Crippen molar-refractivity contribution in [3.05, 3.63) is 41.3 Å². The van der Waals surface area contributed by atoms with Crippen molar-refractivity contribution in [2.24, 2.45) is 0 Å². The second kappa shape index (κ2) is 5.56. The van der Waals surface area contributed by atoms with Gasteiger partial charge in [0.25, 0.3) is 0 Å². The van der Waals surface area contributed by atoms with Gasteiger partial charge in [-0.05, 0) is 24.8 Å². The fourth-order valence-electron chi connectivity index (χ4n) is 1.63. The third-order valence-corrected chi connectivity index (χ3v) is 3.70. The van der Waals surface area contributed by atoms with E-state index in [0.717, 1.165) is 16.2 Å². The largest absolute Gasteiger partial charge is 0.489 e. The predicted molar refractivity (Wildman–Crippen MR) is 75.1 cm³/mol. The lowest BCUT2D eigenvalue weighted by molar-refractivity contribution is 0.242. The SMILES string of the molecule is CC(C)Oc1c(CCl)csc1-c1ccccc1. The Morgan fingerprint density at radius 3 is 2.53 bits per heavy atom. The molecule has 0 radical (unpaired) electrons. The molecule has 0 aliphatic carbocycles. The third kappa shape index (κ3) is 2.82. The van der Waals surface area contributed by atoms with E-state index in [0.29, 0.717) is 5.88 Å². The number of hydrogen-bond donors (Lipinski definition) is 0. The number of halogens is 1. The fourth-order valence-corrected chi connectivity index (χ4v) is 2.93. The van der Waals surface area contributed by atoms with Crippen LogP contribution in [0.5, 0.6) is 5.75 Å². The molecule has 1 aromatic carbocycles. The van der Waals surface area contributed by atoms with E-state index in [1.807, 2.05) is 32.0 Å². The summed E-state index contributed by atoms with van der Waals surface area (Å²) in [6, 6.07) is 10.3. The van der Waals surface area contributed by atoms with E-state index in [1.54, 1.807) is 11.3 Å². The molecule has 0 aliphatic heterocycles. The highest BCUT2D eigenvalue weighted by atomic mass is 35.5. The van der Waals surface area contributed by atoms with Crippen LogP contribution in [0.2, 0.25) is 0 Å². The molecule has 0 amide bonds. The van der Waals surface area contributed by atoms with Crippen LogP contribution >= 0.6 is 22.9 Å². The van der Waals surface area contributed by atoms with E-state index in [4.69, 9.17) is 16.3 Å². The maximum atomic E-state index is 5.94. The quantitative estimate of drug-likeness (QED) is 0.712. The summed E-state index contributed by atoms with van der Waals surface area (Å²) in [6.07, 6.45) is 0.161. The molecule has 0 aliphatic rings. The van der Waals surface area contributed by atoms with Gasteiger partial charge in [-0.1, -0.05) is 30.3 Å². The lowest BCUT2D eigenvalue weighted by Gasteiger charge is -2.12. The molecule has 1 heterocycles. The lowest BCUT2D eigenvalue weighted by atomic mass is 10.1. The van der Waals surface area contributed by atoms with Gasteiger partial charge in [-0.25, -0.2) is 0 Å². The van der Waals surface area contributed by atoms with Crippen molar-refractivity contribution in [1.29, 1.82) is 0 Å². The number of rotatable bonds is 4. The number of alkyl halides is 1. The highest BCUT2D eigenvalue weighted by Crippen LogP contribution is 2.40. The molecule has 0 bridgehead atoms. The van der Waals surface area contributed by atoms with Crippen LogP contribution in [0.4, 0.5) is 0 Å². The normalized spacial score (nSPS) is 10.8. The van der Waals surface area contributed by atoms with E-state index >= 15 is 0 Å². The van der Waals surface area contributed by atoms with Crippen LogP contribution in [0.25, 0.3) is 10.4 Å². The maximum Gasteiger partial charge on any atom is 0.142 e. The zero-order valence-corrected chi connectivity index (χ0v) is 11.5. The molecule has 17 heavy (non-hydrogen) atoms. The van der Waals surface area contributed by atoms with Crippen molar-refractivity contribution >= 4 is 22.9 Å². The van der Waals surface area contributed by atoms with E-state index in [2.05, 4.69) is 17.5 Å². The summed E-state index contributed by atoms with van der Waals surface area (Å²) < 4.78 is 5.89. The highest BCUT2D eigenvalue weighted by Gasteiger charge is 2.15. The van der Waals surface area contributed by atoms with Gasteiger partial charge in [-0.3, -0.25) is 0 Å². The van der Waals surface area contributed by atoms with Gasteiger partial charge in [0.1, 0.15) is 5.75 Å². The monoisotopic (exact) mass is 266 g/mol. The molecule has 0 saturated carbocycles. The topological polar surface area (TPSA) is 9.23 Å². The molecule has 0 saturated heterocycles. The summed E-state index contributed by atoms with van der Waals surface area (Å²) >= 11 is 7.63. The first-order valence-electron chi connectivity index (χ1n) is 5.60. The molecule has 0 spiro atoms. The Balaban J connectivity index is 2.44. The average molecular weight is 267 g/mol. The molecule has 0 atom stereocenters. The van der Waals surface area contributed by atoms with Gasteiger partial charge in [0.15, 0.2) is 0 Å². The summed E-state index contributed by atoms with van der Waals surface area (Å²) in [4.78, 5) is 1.16. The molecule has 2 rings (SSSR count). The first-order chi connectivity index (χ1) is 8.22. The zero-order valence-electron chi connectivity index (χ0n) is 9.94. The number of ether oxygens (including phenoxy) is 1. The Morgan fingerprint density at radius 2 is 1.94 bits per heavy atom. The first-order valence-corrected chi connectivity index (χ1v) is 7.02. The molecule has 0 unspecified atom stereocenters. The van der Waals surface area contributed by atoms with E-state index in [-0.39, 0.29) is 6.10 Å². The van der Waals surface area contributed by atoms with E-state index in [1.165, 1.54) is 5.56 Å². The number of hydrogen-bond acceptors (Lipinski definition) is 2. The Hall–Kier alpha value is -0.990. The molecular formula is C14H15ClOS. The van der Waals surface area contributed by atoms with Gasteiger partial charge >= 0.3 is 0 Å². The standard InChI is InChI=1S/C14H15ClOS/c1-10(2)16-13-12(8-15)9-17-14(13)11-6-4-3-5-7-11/h3-7,9-10H,8H2,1-2H3. The Bertz CT molecular complexity index is 476. The summed E-state index contributed by atoms with van der Waals surface area (Å²) in [6.45, 7) is 4.06. The first kappa shape index (κ1) is 12.5. The molecule has 90 valence electrons. The van der Waals surface area contributed by atoms with Gasteiger partial charge in [-0.2, -0.15) is 0 Å². The predicted octanol–water partition coefficient (Wildman–Crippen LogP) is 4.94. The molecular weight excluding hydrogens is 252 g/mol. The summed E-state index contributed by atoms with van der Waals surface area (Å²) in [5.41, 5.74) is 2.26. The van der Waals surface area contributed by atoms with Crippen LogP contribution in [0, 0.1) is 0 Å². The minimum absolute atomic E-state index is 0.161. The van der Waals surface area contributed by atoms with Crippen LogP contribution in [-0.4, -0.2) is 6.10 Å². The average Bonchev–Trinajstić information content (AvgIpc) is 2.72. The van der Waals surface area contributed by atoms with Crippen molar-refractivity contribution in [2.75, 3.05) is 0 Å². The minimum atomic E-state index is 0.161. The van der Waals surface area contributed by atoms with Crippen LogP contribution in [0.3, 0.4) is 0 Å². The Morgan fingerprint density at radius 1 is 1.24 bits per heavy atom. The maximum absolute atomic E-state index is 5.94. The molecule has 3 heteroatoms. The Labute approximate surface area is 111 Å². The summed E-state index contributed by atoms with van der Waals surface area (Å²) in [5, 5.41) is 2.08. The van der Waals surface area contributed by atoms with E-state index < -0.39 is 0 Å². The van der Waals surface area contributed by atoms with Crippen LogP contribution in [0.15, 0.2) is 35.7 Å². The second-order valence-electron chi connectivity index (χ2n) is 4.09. The molecule has 2 aromatic rings. The van der Waals surface area contributed by atoms with Gasteiger partial charge in [-0.15, -0.1) is 22.9 Å². The van der Waals surface area contributed by atoms with Crippen molar-refractivity contribution in [3.8, 4) is 16.2 Å². The molecule has 1 aromatic heterocycles. The second-order valence-corrected chi connectivity index (χ2v) is 5.23. The third-order valence-electron chi connectivity index (χ3n) is 2.35. The van der Waals surface area contributed by atoms with E-state index in [9.17, 15) is 0 Å². The van der Waals surface area contributed by atoms with Crippen LogP contribution in [-0.2, 0) is 5.88 Å². The smallest absolute Gasteiger partial charge is 0.142 e. The van der Waals surface area contributed by atoms with Crippen LogP contribution in [0.1, 0.15) is 19.4 Å². The van der Waals surface area contributed by atoms with Crippen LogP contribution < -0.4 is 4.74 Å². The molecule has 0 fully saturated rings. The zero-order chi connectivity index (χ0) is 12.3. The van der Waals surface area contributed by atoms with Gasteiger partial charge in [0, 0.05) is 5.56 Å². The van der Waals surface area contributed by atoms with Crippen molar-refractivity contribution in [1.82, 2.24) is 0 Å². The van der Waals surface area contributed by atoms with Gasteiger partial charge in [0.2, 0.25) is 0 Å². The van der Waals surface area contributed by atoms with Crippen molar-refractivity contribution in [2.45, 2.75) is 25.8 Å². The minimum Gasteiger partial charge on any atom is -0.489 e. The fraction of sp³-hybridized carbons (Fsp3) is 0.286. The van der Waals surface area contributed by atoms with Gasteiger partial charge < -0.3 is 4.74 Å². The number of benzene rings is 1. The highest BCUT2D eigenvalue weighted by molar-refractivity contribution is 7.14. The van der Waals surface area contributed by atoms with Crippen molar-refractivity contribution < 1.29 is 4.74 Å². The lowest BCUT2D eigenvalue weighted by Crippen LogP contribution is -2.06. The van der Waals surface area contributed by atoms with Crippen molar-refractivity contribution in [3.63, 3.8) is 0 Å².